The molecule has 1 fully saturated rings. The van der Waals surface area contributed by atoms with Gasteiger partial charge in [0.2, 0.25) is 5.91 Å². The van der Waals surface area contributed by atoms with Gasteiger partial charge < -0.3 is 16.4 Å². The molecule has 1 aliphatic carbocycles. The smallest absolute Gasteiger partial charge is 0.241 e. The monoisotopic (exact) mass is 198 g/mol. The van der Waals surface area contributed by atoms with Gasteiger partial charge in [0, 0.05) is 12.6 Å². The fourth-order valence-corrected chi connectivity index (χ4v) is 0.960. The van der Waals surface area contributed by atoms with Crippen LogP contribution in [0, 0.1) is 0 Å². The number of nitrogens with zero attached hydrogens (tertiary/aromatic N) is 1. The van der Waals surface area contributed by atoms with Crippen LogP contribution in [0.3, 0.4) is 0 Å². The Hall–Kier alpha value is -1.26. The van der Waals surface area contributed by atoms with Gasteiger partial charge in [-0.05, 0) is 19.3 Å². The number of carbonyl (C=O) groups is 1. The van der Waals surface area contributed by atoms with Gasteiger partial charge in [0.15, 0.2) is 5.96 Å². The van der Waals surface area contributed by atoms with Crippen LogP contribution < -0.4 is 16.4 Å². The van der Waals surface area contributed by atoms with Gasteiger partial charge in [-0.2, -0.15) is 0 Å². The summed E-state index contributed by atoms with van der Waals surface area (Å²) in [5, 5.41) is 5.74. The zero-order valence-corrected chi connectivity index (χ0v) is 8.55. The Labute approximate surface area is 84.1 Å². The van der Waals surface area contributed by atoms with Crippen molar-refractivity contribution in [3.8, 4) is 0 Å². The number of rotatable bonds is 5. The molecule has 0 aliphatic heterocycles. The molecule has 0 aromatic carbocycles. The Kier molecular flexibility index (Phi) is 4.22. The number of aliphatic imine (C=N–C) groups is 1. The zero-order chi connectivity index (χ0) is 10.4. The summed E-state index contributed by atoms with van der Waals surface area (Å²) in [6.45, 7) is 2.82. The van der Waals surface area contributed by atoms with Crippen LogP contribution in [0.4, 0.5) is 0 Å². The maximum absolute atomic E-state index is 11.1. The highest BCUT2D eigenvalue weighted by atomic mass is 16.1. The maximum atomic E-state index is 11.1. The quantitative estimate of drug-likeness (QED) is 0.414. The minimum absolute atomic E-state index is 0.0765. The molecule has 5 heteroatoms. The highest BCUT2D eigenvalue weighted by molar-refractivity contribution is 5.84. The number of guanidine groups is 1. The van der Waals surface area contributed by atoms with Crippen LogP contribution in [0.2, 0.25) is 0 Å². The minimum Gasteiger partial charge on any atom is -0.370 e. The van der Waals surface area contributed by atoms with Crippen LogP contribution in [-0.4, -0.2) is 31.0 Å². The molecule has 0 heterocycles. The van der Waals surface area contributed by atoms with E-state index in [1.165, 1.54) is 0 Å². The van der Waals surface area contributed by atoms with Crippen molar-refractivity contribution in [2.24, 2.45) is 10.7 Å². The molecule has 1 saturated carbocycles. The molecule has 0 bridgehead atoms. The standard InChI is InChI=1S/C9H18N4O/c1-2-5-11-8(14)6-12-9(10)13-7-3-4-7/h7H,2-6H2,1H3,(H,11,14)(H3,10,12,13). The molecule has 0 spiro atoms. The van der Waals surface area contributed by atoms with Crippen LogP contribution in [0.5, 0.6) is 0 Å². The largest absolute Gasteiger partial charge is 0.370 e. The average Bonchev–Trinajstić information content (AvgIpc) is 2.95. The molecular formula is C9H18N4O. The molecule has 5 nitrogen and oxygen atoms in total. The first-order chi connectivity index (χ1) is 6.72. The molecule has 1 rings (SSSR count). The Morgan fingerprint density at radius 3 is 2.86 bits per heavy atom. The van der Waals surface area contributed by atoms with E-state index in [0.717, 1.165) is 19.3 Å². The van der Waals surface area contributed by atoms with Gasteiger partial charge in [-0.25, -0.2) is 4.99 Å². The lowest BCUT2D eigenvalue weighted by atomic mass is 10.4. The van der Waals surface area contributed by atoms with Crippen LogP contribution in [0.15, 0.2) is 4.99 Å². The first-order valence-electron chi connectivity index (χ1n) is 5.05. The summed E-state index contributed by atoms with van der Waals surface area (Å²) in [5.74, 6) is 0.298. The number of hydrogen-bond donors (Lipinski definition) is 3. The molecule has 0 aromatic heterocycles. The fraction of sp³-hybridized carbons (Fsp3) is 0.778. The maximum Gasteiger partial charge on any atom is 0.241 e. The highest BCUT2D eigenvalue weighted by Crippen LogP contribution is 2.17. The van der Waals surface area contributed by atoms with Crippen molar-refractivity contribution in [3.63, 3.8) is 0 Å². The van der Waals surface area contributed by atoms with Crippen molar-refractivity contribution >= 4 is 11.9 Å². The Bertz CT molecular complexity index is 223. The number of amides is 1. The summed E-state index contributed by atoms with van der Waals surface area (Å²) in [7, 11) is 0. The van der Waals surface area contributed by atoms with Crippen molar-refractivity contribution in [1.29, 1.82) is 0 Å². The van der Waals surface area contributed by atoms with Gasteiger partial charge in [0.25, 0.3) is 0 Å². The van der Waals surface area contributed by atoms with Crippen molar-refractivity contribution < 1.29 is 4.79 Å². The lowest BCUT2D eigenvalue weighted by Crippen LogP contribution is -2.35. The molecule has 4 N–H and O–H groups in total. The fourth-order valence-electron chi connectivity index (χ4n) is 0.960. The molecule has 0 unspecified atom stereocenters. The third kappa shape index (κ3) is 4.69. The third-order valence-electron chi connectivity index (χ3n) is 1.89. The van der Waals surface area contributed by atoms with E-state index in [1.807, 2.05) is 6.92 Å². The molecule has 1 aliphatic rings. The van der Waals surface area contributed by atoms with E-state index in [0.29, 0.717) is 18.5 Å². The molecule has 80 valence electrons. The second-order valence-corrected chi connectivity index (χ2v) is 3.47. The van der Waals surface area contributed by atoms with Gasteiger partial charge in [0.05, 0.1) is 0 Å². The summed E-state index contributed by atoms with van der Waals surface area (Å²) in [6, 6.07) is 0.484. The Morgan fingerprint density at radius 2 is 2.29 bits per heavy atom. The van der Waals surface area contributed by atoms with Crippen LogP contribution in [0.25, 0.3) is 0 Å². The summed E-state index contributed by atoms with van der Waals surface area (Å²) in [5.41, 5.74) is 5.55. The zero-order valence-electron chi connectivity index (χ0n) is 8.55. The second kappa shape index (κ2) is 5.47. The summed E-state index contributed by atoms with van der Waals surface area (Å²) >= 11 is 0. The SMILES string of the molecule is CCCNC(=O)CN=C(N)NC1CC1. The predicted octanol–water partition coefficient (Wildman–Crippen LogP) is -0.421. The van der Waals surface area contributed by atoms with Crippen LogP contribution in [0.1, 0.15) is 26.2 Å². The first-order valence-corrected chi connectivity index (χ1v) is 5.05. The summed E-state index contributed by atoms with van der Waals surface area (Å²) < 4.78 is 0. The topological polar surface area (TPSA) is 79.5 Å². The van der Waals surface area contributed by atoms with E-state index < -0.39 is 0 Å². The molecular weight excluding hydrogens is 180 g/mol. The number of hydrogen-bond acceptors (Lipinski definition) is 2. The average molecular weight is 198 g/mol. The Morgan fingerprint density at radius 1 is 1.57 bits per heavy atom. The van der Waals surface area contributed by atoms with E-state index >= 15 is 0 Å². The predicted molar refractivity (Wildman–Crippen MR) is 55.9 cm³/mol. The highest BCUT2D eigenvalue weighted by Gasteiger charge is 2.21. The molecule has 0 radical (unpaired) electrons. The van der Waals surface area contributed by atoms with Crippen LogP contribution in [-0.2, 0) is 4.79 Å². The van der Waals surface area contributed by atoms with E-state index in [1.54, 1.807) is 0 Å². The van der Waals surface area contributed by atoms with Crippen molar-refractivity contribution in [2.75, 3.05) is 13.1 Å². The van der Waals surface area contributed by atoms with Gasteiger partial charge in [-0.3, -0.25) is 4.79 Å². The van der Waals surface area contributed by atoms with E-state index in [9.17, 15) is 4.79 Å². The number of nitrogens with two attached hydrogens (primary N) is 1. The van der Waals surface area contributed by atoms with Crippen molar-refractivity contribution in [3.05, 3.63) is 0 Å². The first kappa shape index (κ1) is 10.8. The number of carbonyl (C=O) groups excluding carboxylic acids is 1. The van der Waals surface area contributed by atoms with E-state index in [-0.39, 0.29) is 12.5 Å². The van der Waals surface area contributed by atoms with Gasteiger partial charge in [-0.1, -0.05) is 6.92 Å². The van der Waals surface area contributed by atoms with Crippen molar-refractivity contribution in [1.82, 2.24) is 10.6 Å². The summed E-state index contributed by atoms with van der Waals surface area (Å²) in [6.07, 6.45) is 3.24. The molecule has 0 atom stereocenters. The second-order valence-electron chi connectivity index (χ2n) is 3.47. The normalized spacial score (nSPS) is 16.5. The lowest BCUT2D eigenvalue weighted by molar-refractivity contribution is -0.119. The van der Waals surface area contributed by atoms with Gasteiger partial charge in [0.1, 0.15) is 6.54 Å². The van der Waals surface area contributed by atoms with Crippen LogP contribution >= 0.6 is 0 Å². The number of nitrogens with one attached hydrogen (secondary N) is 2. The summed E-state index contributed by atoms with van der Waals surface area (Å²) in [4.78, 5) is 15.0. The lowest BCUT2D eigenvalue weighted by Gasteiger charge is -2.03. The third-order valence-corrected chi connectivity index (χ3v) is 1.89. The van der Waals surface area contributed by atoms with E-state index in [2.05, 4.69) is 15.6 Å². The molecule has 0 saturated heterocycles. The van der Waals surface area contributed by atoms with Gasteiger partial charge in [-0.15, -0.1) is 0 Å². The Balaban J connectivity index is 2.12. The minimum atomic E-state index is -0.0765. The van der Waals surface area contributed by atoms with Gasteiger partial charge >= 0.3 is 0 Å². The molecule has 14 heavy (non-hydrogen) atoms. The van der Waals surface area contributed by atoms with E-state index in [4.69, 9.17) is 5.73 Å². The van der Waals surface area contributed by atoms with Crippen molar-refractivity contribution in [2.45, 2.75) is 32.2 Å². The molecule has 1 amide bonds. The molecule has 0 aromatic rings.